The standard InChI is InChI=1S/C19H22N2O3/c22-17-9-8-16(18(23)20-17)21-11-14-10-13(6-7-15(14)19(21)24)12-4-2-1-3-5-12/h6-7,10,12,16H,1-5,8-9,11H2,(H,20,22,23)/t16-/m0/s1. The molecule has 3 aliphatic rings. The summed E-state index contributed by atoms with van der Waals surface area (Å²) in [6, 6.07) is 5.64. The molecule has 2 heterocycles. The van der Waals surface area contributed by atoms with Gasteiger partial charge >= 0.3 is 0 Å². The minimum Gasteiger partial charge on any atom is -0.322 e. The first-order valence-electron chi connectivity index (χ1n) is 8.91. The summed E-state index contributed by atoms with van der Waals surface area (Å²) in [7, 11) is 0. The Labute approximate surface area is 141 Å². The SMILES string of the molecule is O=C1CC[C@H](N2Cc3cc(C4CCCCC4)ccc3C2=O)C(=O)N1. The zero-order valence-electron chi connectivity index (χ0n) is 13.7. The quantitative estimate of drug-likeness (QED) is 0.849. The summed E-state index contributed by atoms with van der Waals surface area (Å²) in [6.45, 7) is 0.473. The number of rotatable bonds is 2. The third-order valence-electron chi connectivity index (χ3n) is 5.62. The summed E-state index contributed by atoms with van der Waals surface area (Å²) in [4.78, 5) is 37.7. The van der Waals surface area contributed by atoms with Crippen molar-refractivity contribution in [3.63, 3.8) is 0 Å². The number of benzene rings is 1. The maximum absolute atomic E-state index is 12.7. The second-order valence-corrected chi connectivity index (χ2v) is 7.15. The third-order valence-corrected chi connectivity index (χ3v) is 5.62. The van der Waals surface area contributed by atoms with Crippen LogP contribution in [0.25, 0.3) is 0 Å². The van der Waals surface area contributed by atoms with Gasteiger partial charge < -0.3 is 4.90 Å². The first kappa shape index (κ1) is 15.4. The molecule has 1 atom stereocenters. The molecule has 0 spiro atoms. The van der Waals surface area contributed by atoms with E-state index in [-0.39, 0.29) is 17.7 Å². The molecule has 1 saturated carbocycles. The highest BCUT2D eigenvalue weighted by molar-refractivity contribution is 6.05. The molecule has 5 heteroatoms. The van der Waals surface area contributed by atoms with E-state index in [1.54, 1.807) is 4.90 Å². The van der Waals surface area contributed by atoms with Crippen molar-refractivity contribution < 1.29 is 14.4 Å². The van der Waals surface area contributed by atoms with Gasteiger partial charge in [-0.05, 0) is 42.4 Å². The minimum absolute atomic E-state index is 0.0882. The van der Waals surface area contributed by atoms with Gasteiger partial charge in [-0.15, -0.1) is 0 Å². The van der Waals surface area contributed by atoms with Crippen molar-refractivity contribution in [3.05, 3.63) is 34.9 Å². The third kappa shape index (κ3) is 2.62. The van der Waals surface area contributed by atoms with Crippen molar-refractivity contribution in [2.45, 2.75) is 63.5 Å². The monoisotopic (exact) mass is 326 g/mol. The van der Waals surface area contributed by atoms with Crippen molar-refractivity contribution >= 4 is 17.7 Å². The zero-order chi connectivity index (χ0) is 16.7. The van der Waals surface area contributed by atoms with Crippen LogP contribution in [0.3, 0.4) is 0 Å². The number of piperidine rings is 1. The second kappa shape index (κ2) is 6.04. The van der Waals surface area contributed by atoms with E-state index in [0.29, 0.717) is 30.9 Å². The first-order valence-corrected chi connectivity index (χ1v) is 8.91. The molecule has 3 amide bonds. The molecule has 2 fully saturated rings. The van der Waals surface area contributed by atoms with Crippen LogP contribution in [0.2, 0.25) is 0 Å². The van der Waals surface area contributed by atoms with E-state index < -0.39 is 6.04 Å². The van der Waals surface area contributed by atoms with Crippen LogP contribution in [0.4, 0.5) is 0 Å². The van der Waals surface area contributed by atoms with E-state index in [1.807, 2.05) is 6.07 Å². The van der Waals surface area contributed by atoms with Crippen molar-refractivity contribution in [2.75, 3.05) is 0 Å². The molecule has 4 rings (SSSR count). The molecule has 1 aromatic carbocycles. The van der Waals surface area contributed by atoms with Gasteiger partial charge in [0.2, 0.25) is 11.8 Å². The molecule has 1 saturated heterocycles. The number of carbonyl (C=O) groups is 3. The Morgan fingerprint density at radius 2 is 1.79 bits per heavy atom. The summed E-state index contributed by atoms with van der Waals surface area (Å²) < 4.78 is 0. The molecule has 0 aromatic heterocycles. The summed E-state index contributed by atoms with van der Waals surface area (Å²) >= 11 is 0. The molecule has 24 heavy (non-hydrogen) atoms. The van der Waals surface area contributed by atoms with Crippen LogP contribution in [0, 0.1) is 0 Å². The number of nitrogens with one attached hydrogen (secondary N) is 1. The predicted molar refractivity (Wildman–Crippen MR) is 88.3 cm³/mol. The summed E-state index contributed by atoms with van der Waals surface area (Å²) in [5.74, 6) is -0.0848. The number of hydrogen-bond acceptors (Lipinski definition) is 3. The molecule has 1 aliphatic carbocycles. The van der Waals surface area contributed by atoms with Crippen LogP contribution in [-0.4, -0.2) is 28.7 Å². The van der Waals surface area contributed by atoms with Gasteiger partial charge in [0.25, 0.3) is 5.91 Å². The van der Waals surface area contributed by atoms with E-state index in [0.717, 1.165) is 5.56 Å². The molecule has 126 valence electrons. The highest BCUT2D eigenvalue weighted by Crippen LogP contribution is 2.35. The van der Waals surface area contributed by atoms with Crippen LogP contribution in [0.1, 0.15) is 72.3 Å². The highest BCUT2D eigenvalue weighted by Gasteiger charge is 2.39. The molecule has 0 radical (unpaired) electrons. The molecule has 2 aliphatic heterocycles. The second-order valence-electron chi connectivity index (χ2n) is 7.15. The van der Waals surface area contributed by atoms with Gasteiger partial charge in [-0.3, -0.25) is 19.7 Å². The molecular formula is C19H22N2O3. The topological polar surface area (TPSA) is 66.5 Å². The molecule has 0 unspecified atom stereocenters. The normalized spacial score (nSPS) is 24.9. The van der Waals surface area contributed by atoms with Crippen LogP contribution in [0.15, 0.2) is 18.2 Å². The molecule has 0 bridgehead atoms. The van der Waals surface area contributed by atoms with Crippen molar-refractivity contribution in [2.24, 2.45) is 0 Å². The molecular weight excluding hydrogens is 304 g/mol. The number of nitrogens with zero attached hydrogens (tertiary/aromatic N) is 1. The van der Waals surface area contributed by atoms with E-state index in [4.69, 9.17) is 0 Å². The van der Waals surface area contributed by atoms with Crippen LogP contribution in [0.5, 0.6) is 0 Å². The van der Waals surface area contributed by atoms with Gasteiger partial charge in [-0.25, -0.2) is 0 Å². The number of carbonyl (C=O) groups excluding carboxylic acids is 3. The molecule has 1 aromatic rings. The minimum atomic E-state index is -0.527. The van der Waals surface area contributed by atoms with Crippen molar-refractivity contribution in [1.29, 1.82) is 0 Å². The number of hydrogen-bond donors (Lipinski definition) is 1. The van der Waals surface area contributed by atoms with Crippen molar-refractivity contribution in [3.8, 4) is 0 Å². The summed E-state index contributed by atoms with van der Waals surface area (Å²) in [6.07, 6.45) is 7.05. The smallest absolute Gasteiger partial charge is 0.255 e. The van der Waals surface area contributed by atoms with Gasteiger partial charge in [0.15, 0.2) is 0 Å². The van der Waals surface area contributed by atoms with Gasteiger partial charge in [0.1, 0.15) is 6.04 Å². The fourth-order valence-electron chi connectivity index (χ4n) is 4.28. The highest BCUT2D eigenvalue weighted by atomic mass is 16.2. The molecule has 5 nitrogen and oxygen atoms in total. The Balaban J connectivity index is 1.55. The zero-order valence-corrected chi connectivity index (χ0v) is 13.7. The largest absolute Gasteiger partial charge is 0.322 e. The maximum atomic E-state index is 12.7. The average molecular weight is 326 g/mol. The maximum Gasteiger partial charge on any atom is 0.255 e. The van der Waals surface area contributed by atoms with Crippen molar-refractivity contribution in [1.82, 2.24) is 10.2 Å². The average Bonchev–Trinajstić information content (AvgIpc) is 2.92. The van der Waals surface area contributed by atoms with E-state index >= 15 is 0 Å². The van der Waals surface area contributed by atoms with Crippen LogP contribution in [-0.2, 0) is 16.1 Å². The Morgan fingerprint density at radius 3 is 2.54 bits per heavy atom. The van der Waals surface area contributed by atoms with E-state index in [9.17, 15) is 14.4 Å². The fourth-order valence-corrected chi connectivity index (χ4v) is 4.28. The Kier molecular flexibility index (Phi) is 3.87. The van der Waals surface area contributed by atoms with Gasteiger partial charge in [0.05, 0.1) is 0 Å². The predicted octanol–water partition coefficient (Wildman–Crippen LogP) is 2.50. The summed E-state index contributed by atoms with van der Waals surface area (Å²) in [5, 5.41) is 2.34. The number of fused-ring (bicyclic) bond motifs is 1. The Hall–Kier alpha value is -2.17. The fraction of sp³-hybridized carbons (Fsp3) is 0.526. The lowest BCUT2D eigenvalue weighted by Gasteiger charge is -2.29. The Morgan fingerprint density at radius 1 is 1.00 bits per heavy atom. The number of amides is 3. The van der Waals surface area contributed by atoms with Gasteiger partial charge in [-0.1, -0.05) is 31.4 Å². The Bertz CT molecular complexity index is 707. The lowest BCUT2D eigenvalue weighted by atomic mass is 9.83. The number of imide groups is 1. The molecule has 1 N–H and O–H groups in total. The van der Waals surface area contributed by atoms with E-state index in [1.165, 1.54) is 37.7 Å². The first-order chi connectivity index (χ1) is 11.6. The van der Waals surface area contributed by atoms with Gasteiger partial charge in [-0.2, -0.15) is 0 Å². The van der Waals surface area contributed by atoms with Crippen LogP contribution < -0.4 is 5.32 Å². The summed E-state index contributed by atoms with van der Waals surface area (Å²) in [5.41, 5.74) is 3.05. The van der Waals surface area contributed by atoms with Gasteiger partial charge in [0, 0.05) is 18.5 Å². The lowest BCUT2D eigenvalue weighted by Crippen LogP contribution is -2.52. The van der Waals surface area contributed by atoms with Crippen LogP contribution >= 0.6 is 0 Å². The lowest BCUT2D eigenvalue weighted by molar-refractivity contribution is -0.136. The van der Waals surface area contributed by atoms with E-state index in [2.05, 4.69) is 17.4 Å².